The maximum atomic E-state index is 12.8. The third kappa shape index (κ3) is 3.96. The molecule has 0 bridgehead atoms. The standard InChI is InChI=1S/C13H19F3N4O/c1-3-9-8(4-5-21-9)7-18-11-6-10(13(14,15)16)19-12(17-2)20-11/h6,8-9H,3-5,7H2,1-2H3,(H2,17,18,19,20). The van der Waals surface area contributed by atoms with E-state index in [1.54, 1.807) is 0 Å². The first-order valence-electron chi connectivity index (χ1n) is 6.93. The van der Waals surface area contributed by atoms with E-state index in [1.165, 1.54) is 7.05 Å². The SMILES string of the molecule is CCC1OCCC1CNc1cc(C(F)(F)F)nc(NC)n1. The number of nitrogens with one attached hydrogen (secondary N) is 2. The highest BCUT2D eigenvalue weighted by atomic mass is 19.4. The van der Waals surface area contributed by atoms with E-state index in [0.29, 0.717) is 13.2 Å². The normalized spacial score (nSPS) is 22.3. The first kappa shape index (κ1) is 15.8. The molecular weight excluding hydrogens is 285 g/mol. The number of hydrogen-bond donors (Lipinski definition) is 2. The molecule has 1 aliphatic rings. The fraction of sp³-hybridized carbons (Fsp3) is 0.692. The summed E-state index contributed by atoms with van der Waals surface area (Å²) in [5.41, 5.74) is -0.959. The smallest absolute Gasteiger partial charge is 0.378 e. The summed E-state index contributed by atoms with van der Waals surface area (Å²) in [6.45, 7) is 3.27. The van der Waals surface area contributed by atoms with Gasteiger partial charge in [0, 0.05) is 32.2 Å². The molecule has 118 valence electrons. The fourth-order valence-electron chi connectivity index (χ4n) is 2.41. The van der Waals surface area contributed by atoms with Gasteiger partial charge in [-0.2, -0.15) is 18.2 Å². The van der Waals surface area contributed by atoms with E-state index >= 15 is 0 Å². The highest BCUT2D eigenvalue weighted by Gasteiger charge is 2.34. The number of ether oxygens (including phenoxy) is 1. The van der Waals surface area contributed by atoms with E-state index in [0.717, 1.165) is 18.9 Å². The molecule has 1 aromatic heterocycles. The second-order valence-corrected chi connectivity index (χ2v) is 4.96. The monoisotopic (exact) mass is 304 g/mol. The fourth-order valence-corrected chi connectivity index (χ4v) is 2.41. The lowest BCUT2D eigenvalue weighted by atomic mass is 10.00. The minimum absolute atomic E-state index is 0.0537. The molecule has 0 aliphatic carbocycles. The third-order valence-corrected chi connectivity index (χ3v) is 3.53. The largest absolute Gasteiger partial charge is 0.433 e. The van der Waals surface area contributed by atoms with Crippen molar-refractivity contribution in [1.29, 1.82) is 0 Å². The van der Waals surface area contributed by atoms with Crippen molar-refractivity contribution < 1.29 is 17.9 Å². The van der Waals surface area contributed by atoms with Crippen molar-refractivity contribution >= 4 is 11.8 Å². The van der Waals surface area contributed by atoms with Gasteiger partial charge in [-0.05, 0) is 12.8 Å². The molecule has 21 heavy (non-hydrogen) atoms. The van der Waals surface area contributed by atoms with Crippen LogP contribution in [0.2, 0.25) is 0 Å². The van der Waals surface area contributed by atoms with Crippen LogP contribution in [0.1, 0.15) is 25.5 Å². The average molecular weight is 304 g/mol. The van der Waals surface area contributed by atoms with Gasteiger partial charge in [-0.15, -0.1) is 0 Å². The van der Waals surface area contributed by atoms with Crippen molar-refractivity contribution in [2.75, 3.05) is 30.8 Å². The molecule has 1 aliphatic heterocycles. The molecule has 2 rings (SSSR count). The van der Waals surface area contributed by atoms with Crippen LogP contribution in [0.15, 0.2) is 6.07 Å². The lowest BCUT2D eigenvalue weighted by molar-refractivity contribution is -0.141. The molecule has 2 N–H and O–H groups in total. The van der Waals surface area contributed by atoms with Gasteiger partial charge >= 0.3 is 6.18 Å². The van der Waals surface area contributed by atoms with Crippen LogP contribution in [0, 0.1) is 5.92 Å². The zero-order valence-electron chi connectivity index (χ0n) is 12.0. The Hall–Kier alpha value is -1.57. The van der Waals surface area contributed by atoms with Gasteiger partial charge in [0.2, 0.25) is 5.95 Å². The van der Waals surface area contributed by atoms with Crippen molar-refractivity contribution in [3.8, 4) is 0 Å². The minimum Gasteiger partial charge on any atom is -0.378 e. The maximum Gasteiger partial charge on any atom is 0.433 e. The Balaban J connectivity index is 2.09. The maximum absolute atomic E-state index is 12.8. The van der Waals surface area contributed by atoms with Crippen LogP contribution in [0.3, 0.4) is 0 Å². The number of alkyl halides is 3. The van der Waals surface area contributed by atoms with E-state index in [9.17, 15) is 13.2 Å². The van der Waals surface area contributed by atoms with E-state index in [4.69, 9.17) is 4.74 Å². The Morgan fingerprint density at radius 3 is 2.76 bits per heavy atom. The summed E-state index contributed by atoms with van der Waals surface area (Å²) >= 11 is 0. The van der Waals surface area contributed by atoms with Gasteiger partial charge in [-0.1, -0.05) is 6.92 Å². The molecule has 0 saturated carbocycles. The van der Waals surface area contributed by atoms with Gasteiger partial charge in [0.15, 0.2) is 5.69 Å². The summed E-state index contributed by atoms with van der Waals surface area (Å²) in [5.74, 6) is 0.405. The number of hydrogen-bond acceptors (Lipinski definition) is 5. The van der Waals surface area contributed by atoms with Crippen molar-refractivity contribution in [3.05, 3.63) is 11.8 Å². The minimum atomic E-state index is -4.49. The van der Waals surface area contributed by atoms with Crippen LogP contribution < -0.4 is 10.6 Å². The quantitative estimate of drug-likeness (QED) is 0.876. The second kappa shape index (κ2) is 6.46. The zero-order valence-corrected chi connectivity index (χ0v) is 12.0. The zero-order chi connectivity index (χ0) is 15.5. The van der Waals surface area contributed by atoms with Crippen LogP contribution in [0.4, 0.5) is 24.9 Å². The molecule has 2 atom stereocenters. The van der Waals surface area contributed by atoms with Crippen molar-refractivity contribution in [3.63, 3.8) is 0 Å². The van der Waals surface area contributed by atoms with Gasteiger partial charge in [-0.25, -0.2) is 4.98 Å². The van der Waals surface area contributed by atoms with Crippen LogP contribution in [0.25, 0.3) is 0 Å². The van der Waals surface area contributed by atoms with E-state index in [2.05, 4.69) is 20.6 Å². The first-order valence-corrected chi connectivity index (χ1v) is 6.93. The van der Waals surface area contributed by atoms with Crippen LogP contribution in [-0.2, 0) is 10.9 Å². The molecule has 0 aromatic carbocycles. The van der Waals surface area contributed by atoms with E-state index in [-0.39, 0.29) is 23.8 Å². The summed E-state index contributed by atoms with van der Waals surface area (Å²) in [6, 6.07) is 0.928. The molecule has 2 heterocycles. The first-order chi connectivity index (χ1) is 9.94. The molecule has 1 aromatic rings. The lowest BCUT2D eigenvalue weighted by Gasteiger charge is -2.18. The van der Waals surface area contributed by atoms with Crippen LogP contribution in [-0.4, -0.2) is 36.3 Å². The number of nitrogens with zero attached hydrogens (tertiary/aromatic N) is 2. The molecule has 0 spiro atoms. The molecule has 1 fully saturated rings. The van der Waals surface area contributed by atoms with E-state index in [1.807, 2.05) is 6.92 Å². The molecule has 0 amide bonds. The molecule has 1 saturated heterocycles. The number of rotatable bonds is 5. The molecular formula is C13H19F3N4O. The van der Waals surface area contributed by atoms with Crippen LogP contribution in [0.5, 0.6) is 0 Å². The Labute approximate surface area is 121 Å². The Kier molecular flexibility index (Phi) is 4.87. The predicted octanol–water partition coefficient (Wildman–Crippen LogP) is 2.76. The summed E-state index contributed by atoms with van der Waals surface area (Å²) in [6.07, 6.45) is -2.54. The topological polar surface area (TPSA) is 59.1 Å². The Morgan fingerprint density at radius 1 is 1.38 bits per heavy atom. The van der Waals surface area contributed by atoms with Gasteiger partial charge in [-0.3, -0.25) is 0 Å². The van der Waals surface area contributed by atoms with Crippen molar-refractivity contribution in [2.24, 2.45) is 5.92 Å². The van der Waals surface area contributed by atoms with Gasteiger partial charge < -0.3 is 15.4 Å². The molecule has 0 radical (unpaired) electrons. The average Bonchev–Trinajstić information content (AvgIpc) is 2.91. The summed E-state index contributed by atoms with van der Waals surface area (Å²) in [5, 5.41) is 5.51. The Morgan fingerprint density at radius 2 is 2.14 bits per heavy atom. The molecule has 8 heteroatoms. The summed E-state index contributed by atoms with van der Waals surface area (Å²) < 4.78 is 43.9. The Bertz CT molecular complexity index is 481. The number of aromatic nitrogens is 2. The summed E-state index contributed by atoms with van der Waals surface area (Å²) in [7, 11) is 1.48. The third-order valence-electron chi connectivity index (χ3n) is 3.53. The summed E-state index contributed by atoms with van der Waals surface area (Å²) in [4.78, 5) is 7.43. The van der Waals surface area contributed by atoms with Crippen molar-refractivity contribution in [2.45, 2.75) is 32.0 Å². The number of anilines is 2. The highest BCUT2D eigenvalue weighted by molar-refractivity contribution is 5.43. The lowest BCUT2D eigenvalue weighted by Crippen LogP contribution is -2.23. The second-order valence-electron chi connectivity index (χ2n) is 4.96. The van der Waals surface area contributed by atoms with Gasteiger partial charge in [0.05, 0.1) is 6.10 Å². The molecule has 5 nitrogen and oxygen atoms in total. The van der Waals surface area contributed by atoms with Gasteiger partial charge in [0.1, 0.15) is 5.82 Å². The van der Waals surface area contributed by atoms with E-state index < -0.39 is 11.9 Å². The van der Waals surface area contributed by atoms with Gasteiger partial charge in [0.25, 0.3) is 0 Å². The number of halogens is 3. The van der Waals surface area contributed by atoms with Crippen LogP contribution >= 0.6 is 0 Å². The predicted molar refractivity (Wildman–Crippen MR) is 73.2 cm³/mol. The van der Waals surface area contributed by atoms with Crippen molar-refractivity contribution in [1.82, 2.24) is 9.97 Å². The highest BCUT2D eigenvalue weighted by Crippen LogP contribution is 2.30. The molecule has 2 unspecified atom stereocenters.